The third-order valence-electron chi connectivity index (χ3n) is 5.90. The molecule has 0 bridgehead atoms. The van der Waals surface area contributed by atoms with Crippen molar-refractivity contribution in [2.75, 3.05) is 6.79 Å². The van der Waals surface area contributed by atoms with E-state index in [2.05, 4.69) is 0 Å². The standard InChI is InChI=1S/C25H16FNO6/c26-15-5-7-18-17(10-15)23(29)21-22(14-2-1-3-16(28)9-14)27(25(30)24(21)33-18)11-13-4-6-19-20(8-13)32-12-31-19/h1-10,22,28H,11-12H2/t22-/m1/s1. The van der Waals surface area contributed by atoms with Crippen molar-refractivity contribution in [3.63, 3.8) is 0 Å². The van der Waals surface area contributed by atoms with E-state index in [1.54, 1.807) is 24.3 Å². The SMILES string of the molecule is O=C1c2oc3ccc(F)cc3c(=O)c2[C@@H](c2cccc(O)c2)N1Cc1ccc2c(c1)OCO2. The molecule has 1 aromatic heterocycles. The number of phenolic OH excluding ortho intramolecular Hbond substituents is 1. The Bertz CT molecular complexity index is 1510. The van der Waals surface area contributed by atoms with Crippen LogP contribution in [0.15, 0.2) is 69.9 Å². The van der Waals surface area contributed by atoms with Crippen LogP contribution >= 0.6 is 0 Å². The molecule has 0 unspecified atom stereocenters. The Labute approximate surface area is 186 Å². The average molecular weight is 445 g/mol. The molecule has 33 heavy (non-hydrogen) atoms. The Balaban J connectivity index is 1.53. The van der Waals surface area contributed by atoms with Crippen molar-refractivity contribution in [3.05, 3.63) is 99.2 Å². The highest BCUT2D eigenvalue weighted by Gasteiger charge is 2.43. The first-order valence-electron chi connectivity index (χ1n) is 10.2. The summed E-state index contributed by atoms with van der Waals surface area (Å²) in [4.78, 5) is 28.4. The predicted octanol–water partition coefficient (Wildman–Crippen LogP) is 4.11. The number of fused-ring (bicyclic) bond motifs is 3. The molecule has 3 aromatic carbocycles. The lowest BCUT2D eigenvalue weighted by molar-refractivity contribution is 0.0714. The van der Waals surface area contributed by atoms with E-state index in [9.17, 15) is 19.1 Å². The van der Waals surface area contributed by atoms with Crippen molar-refractivity contribution in [3.8, 4) is 17.2 Å². The van der Waals surface area contributed by atoms with Gasteiger partial charge in [-0.25, -0.2) is 4.39 Å². The number of hydrogen-bond acceptors (Lipinski definition) is 6. The molecule has 2 aliphatic heterocycles. The molecule has 8 heteroatoms. The van der Waals surface area contributed by atoms with Gasteiger partial charge in [-0.1, -0.05) is 18.2 Å². The first-order valence-corrected chi connectivity index (χ1v) is 10.2. The number of amides is 1. The molecule has 6 rings (SSSR count). The average Bonchev–Trinajstić information content (AvgIpc) is 3.37. The van der Waals surface area contributed by atoms with Gasteiger partial charge in [0.1, 0.15) is 17.1 Å². The number of halogens is 1. The minimum absolute atomic E-state index is 0.00681. The molecule has 7 nitrogen and oxygen atoms in total. The van der Waals surface area contributed by atoms with E-state index in [0.29, 0.717) is 17.1 Å². The molecule has 1 atom stereocenters. The van der Waals surface area contributed by atoms with Crippen LogP contribution in [0.3, 0.4) is 0 Å². The molecule has 0 radical (unpaired) electrons. The number of benzene rings is 3. The summed E-state index contributed by atoms with van der Waals surface area (Å²) in [5.74, 6) is 0.0378. The van der Waals surface area contributed by atoms with Gasteiger partial charge in [-0.2, -0.15) is 0 Å². The van der Waals surface area contributed by atoms with Gasteiger partial charge >= 0.3 is 0 Å². The van der Waals surface area contributed by atoms with E-state index in [-0.39, 0.29) is 41.4 Å². The lowest BCUT2D eigenvalue weighted by Crippen LogP contribution is -2.29. The number of carbonyl (C=O) groups is 1. The van der Waals surface area contributed by atoms with Crippen LogP contribution in [0, 0.1) is 5.82 Å². The Morgan fingerprint density at radius 1 is 1.00 bits per heavy atom. The summed E-state index contributed by atoms with van der Waals surface area (Å²) >= 11 is 0. The first kappa shape index (κ1) is 19.4. The minimum Gasteiger partial charge on any atom is -0.508 e. The van der Waals surface area contributed by atoms with Crippen LogP contribution in [0.25, 0.3) is 11.0 Å². The maximum absolute atomic E-state index is 13.9. The van der Waals surface area contributed by atoms with E-state index < -0.39 is 23.2 Å². The van der Waals surface area contributed by atoms with Crippen LogP contribution in [-0.2, 0) is 6.54 Å². The van der Waals surface area contributed by atoms with Crippen molar-refractivity contribution in [1.29, 1.82) is 0 Å². The molecule has 0 spiro atoms. The van der Waals surface area contributed by atoms with Gasteiger partial charge in [0, 0.05) is 6.54 Å². The Hall–Kier alpha value is -4.33. The molecule has 164 valence electrons. The van der Waals surface area contributed by atoms with E-state index in [1.165, 1.54) is 29.2 Å². The fourth-order valence-corrected chi connectivity index (χ4v) is 4.43. The van der Waals surface area contributed by atoms with Crippen molar-refractivity contribution in [1.82, 2.24) is 4.90 Å². The zero-order valence-electron chi connectivity index (χ0n) is 17.1. The monoisotopic (exact) mass is 445 g/mol. The van der Waals surface area contributed by atoms with Crippen molar-refractivity contribution >= 4 is 16.9 Å². The molecule has 2 aliphatic rings. The second-order valence-electron chi connectivity index (χ2n) is 7.93. The van der Waals surface area contributed by atoms with Crippen LogP contribution in [0.2, 0.25) is 0 Å². The summed E-state index contributed by atoms with van der Waals surface area (Å²) in [5.41, 5.74) is 1.05. The van der Waals surface area contributed by atoms with Crippen molar-refractivity contribution < 1.29 is 28.2 Å². The molecule has 0 saturated carbocycles. The quantitative estimate of drug-likeness (QED) is 0.511. The zero-order chi connectivity index (χ0) is 22.7. The maximum atomic E-state index is 13.9. The Kier molecular flexibility index (Phi) is 4.16. The highest BCUT2D eigenvalue weighted by atomic mass is 19.1. The number of phenols is 1. The summed E-state index contributed by atoms with van der Waals surface area (Å²) < 4.78 is 30.5. The number of nitrogens with zero attached hydrogens (tertiary/aromatic N) is 1. The molecular formula is C25H16FNO6. The van der Waals surface area contributed by atoms with Gasteiger partial charge in [-0.15, -0.1) is 0 Å². The molecular weight excluding hydrogens is 429 g/mol. The summed E-state index contributed by atoms with van der Waals surface area (Å²) in [5, 5.41) is 10.1. The number of rotatable bonds is 3. The maximum Gasteiger partial charge on any atom is 0.291 e. The molecule has 0 aliphatic carbocycles. The molecule has 1 amide bonds. The van der Waals surface area contributed by atoms with Gasteiger partial charge in [0.25, 0.3) is 5.91 Å². The summed E-state index contributed by atoms with van der Waals surface area (Å²) in [6.07, 6.45) is 0. The van der Waals surface area contributed by atoms with Gasteiger partial charge in [0.15, 0.2) is 16.9 Å². The van der Waals surface area contributed by atoms with Gasteiger partial charge < -0.3 is 23.9 Å². The second kappa shape index (κ2) is 7.09. The van der Waals surface area contributed by atoms with Crippen LogP contribution < -0.4 is 14.9 Å². The molecule has 0 fully saturated rings. The molecule has 0 saturated heterocycles. The fourth-order valence-electron chi connectivity index (χ4n) is 4.43. The van der Waals surface area contributed by atoms with Crippen molar-refractivity contribution in [2.24, 2.45) is 0 Å². The predicted molar refractivity (Wildman–Crippen MR) is 115 cm³/mol. The number of aromatic hydroxyl groups is 1. The molecule has 4 aromatic rings. The summed E-state index contributed by atoms with van der Waals surface area (Å²) in [6, 6.07) is 14.5. The first-order chi connectivity index (χ1) is 16.0. The lowest BCUT2D eigenvalue weighted by atomic mass is 9.98. The van der Waals surface area contributed by atoms with E-state index in [0.717, 1.165) is 11.6 Å². The minimum atomic E-state index is -0.825. The summed E-state index contributed by atoms with van der Waals surface area (Å²) in [7, 11) is 0. The highest BCUT2D eigenvalue weighted by Crippen LogP contribution is 2.41. The Morgan fingerprint density at radius 3 is 2.70 bits per heavy atom. The number of ether oxygens (including phenoxy) is 2. The van der Waals surface area contributed by atoms with Crippen LogP contribution in [0.5, 0.6) is 17.2 Å². The van der Waals surface area contributed by atoms with Crippen LogP contribution in [-0.4, -0.2) is 22.7 Å². The second-order valence-corrected chi connectivity index (χ2v) is 7.93. The molecule has 1 N–H and O–H groups in total. The highest BCUT2D eigenvalue weighted by molar-refractivity contribution is 5.99. The lowest BCUT2D eigenvalue weighted by Gasteiger charge is -2.25. The third-order valence-corrected chi connectivity index (χ3v) is 5.90. The Morgan fingerprint density at radius 2 is 1.85 bits per heavy atom. The summed E-state index contributed by atoms with van der Waals surface area (Å²) in [6.45, 7) is 0.268. The zero-order valence-corrected chi connectivity index (χ0v) is 17.1. The van der Waals surface area contributed by atoms with Crippen LogP contribution in [0.4, 0.5) is 4.39 Å². The van der Waals surface area contributed by atoms with E-state index in [4.69, 9.17) is 13.9 Å². The normalized spacial score (nSPS) is 16.5. The number of hydrogen-bond donors (Lipinski definition) is 1. The van der Waals surface area contributed by atoms with Gasteiger partial charge in [-0.05, 0) is 53.6 Å². The van der Waals surface area contributed by atoms with Crippen molar-refractivity contribution in [2.45, 2.75) is 12.6 Å². The van der Waals surface area contributed by atoms with Gasteiger partial charge in [0.05, 0.1) is 17.0 Å². The topological polar surface area (TPSA) is 89.2 Å². The number of carbonyl (C=O) groups excluding carboxylic acids is 1. The largest absolute Gasteiger partial charge is 0.508 e. The van der Waals surface area contributed by atoms with Crippen LogP contribution in [0.1, 0.15) is 33.3 Å². The molecule has 3 heterocycles. The van der Waals surface area contributed by atoms with Gasteiger partial charge in [0.2, 0.25) is 12.6 Å². The fraction of sp³-hybridized carbons (Fsp3) is 0.120. The van der Waals surface area contributed by atoms with Gasteiger partial charge in [-0.3, -0.25) is 9.59 Å². The smallest absolute Gasteiger partial charge is 0.291 e. The van der Waals surface area contributed by atoms with E-state index in [1.807, 2.05) is 6.07 Å². The third kappa shape index (κ3) is 3.02. The van der Waals surface area contributed by atoms with E-state index >= 15 is 0 Å².